The fourth-order valence-electron chi connectivity index (χ4n) is 1.56. The average Bonchev–Trinajstić information content (AvgIpc) is 2.35. The summed E-state index contributed by atoms with van der Waals surface area (Å²) in [4.78, 5) is 13.3. The van der Waals surface area contributed by atoms with E-state index in [-0.39, 0.29) is 18.6 Å². The monoisotopic (exact) mass is 246 g/mol. The van der Waals surface area contributed by atoms with Crippen LogP contribution < -0.4 is 5.32 Å². The fourth-order valence-corrected chi connectivity index (χ4v) is 1.56. The van der Waals surface area contributed by atoms with Crippen LogP contribution in [0, 0.1) is 0 Å². The van der Waals surface area contributed by atoms with Gasteiger partial charge in [-0.2, -0.15) is 0 Å². The van der Waals surface area contributed by atoms with Gasteiger partial charge in [-0.1, -0.05) is 0 Å². The van der Waals surface area contributed by atoms with E-state index in [9.17, 15) is 4.79 Å². The Kier molecular flexibility index (Phi) is 7.11. The molecule has 1 rings (SSSR count). The molecule has 1 atom stereocenters. The van der Waals surface area contributed by atoms with Crippen LogP contribution in [0.5, 0.6) is 0 Å². The number of rotatable bonds is 7. The zero-order chi connectivity index (χ0) is 12.5. The minimum Gasteiger partial charge on any atom is -0.382 e. The van der Waals surface area contributed by atoms with Gasteiger partial charge in [0, 0.05) is 33.8 Å². The summed E-state index contributed by atoms with van der Waals surface area (Å²) in [5.74, 6) is -0.0322. The maximum atomic E-state index is 11.7. The summed E-state index contributed by atoms with van der Waals surface area (Å²) in [6.07, 6.45) is 0.0803. The minimum absolute atomic E-state index is 0.0322. The second-order valence-electron chi connectivity index (χ2n) is 4.02. The fraction of sp³-hybridized carbons (Fsp3) is 0.909. The van der Waals surface area contributed by atoms with Crippen LogP contribution in [0.4, 0.5) is 0 Å². The lowest BCUT2D eigenvalue weighted by Crippen LogP contribution is -2.46. The van der Waals surface area contributed by atoms with Crippen molar-refractivity contribution in [3.8, 4) is 0 Å². The highest BCUT2D eigenvalue weighted by Crippen LogP contribution is 1.99. The van der Waals surface area contributed by atoms with Crippen LogP contribution in [0.2, 0.25) is 0 Å². The van der Waals surface area contributed by atoms with Crippen molar-refractivity contribution in [2.45, 2.75) is 6.10 Å². The van der Waals surface area contributed by atoms with Gasteiger partial charge in [-0.3, -0.25) is 4.79 Å². The molecule has 0 bridgehead atoms. The Balaban J connectivity index is 2.12. The van der Waals surface area contributed by atoms with Crippen LogP contribution in [-0.4, -0.2) is 77.1 Å². The van der Waals surface area contributed by atoms with Crippen molar-refractivity contribution >= 4 is 5.91 Å². The van der Waals surface area contributed by atoms with Crippen LogP contribution in [0.15, 0.2) is 0 Å². The summed E-state index contributed by atoms with van der Waals surface area (Å²) < 4.78 is 15.5. The largest absolute Gasteiger partial charge is 0.382 e. The first-order valence-electron chi connectivity index (χ1n) is 5.87. The number of ether oxygens (including phenoxy) is 3. The van der Waals surface area contributed by atoms with Gasteiger partial charge in [0.05, 0.1) is 25.9 Å². The number of methoxy groups -OCH3 is 1. The number of likely N-dealkylation sites (N-methyl/N-ethyl adjacent to an activating group) is 1. The number of carbonyl (C=O) groups is 1. The lowest BCUT2D eigenvalue weighted by molar-refractivity contribution is -0.137. The molecule has 0 aliphatic carbocycles. The van der Waals surface area contributed by atoms with Gasteiger partial charge in [-0.05, 0) is 0 Å². The summed E-state index contributed by atoms with van der Waals surface area (Å²) in [5, 5.41) is 3.23. The molecule has 6 heteroatoms. The number of carbonyl (C=O) groups excluding carboxylic acids is 1. The third kappa shape index (κ3) is 5.97. The Hall–Kier alpha value is -0.690. The molecule has 0 radical (unpaired) electrons. The molecule has 100 valence electrons. The number of amides is 1. The molecule has 0 aromatic heterocycles. The van der Waals surface area contributed by atoms with Crippen LogP contribution in [0.25, 0.3) is 0 Å². The summed E-state index contributed by atoms with van der Waals surface area (Å²) in [6.45, 7) is 4.02. The van der Waals surface area contributed by atoms with Gasteiger partial charge in [0.2, 0.25) is 5.91 Å². The lowest BCUT2D eigenvalue weighted by atomic mass is 10.3. The van der Waals surface area contributed by atoms with Gasteiger partial charge in [0.15, 0.2) is 0 Å². The van der Waals surface area contributed by atoms with Crippen molar-refractivity contribution < 1.29 is 19.0 Å². The van der Waals surface area contributed by atoms with E-state index >= 15 is 0 Å². The maximum Gasteiger partial charge on any atom is 0.248 e. The summed E-state index contributed by atoms with van der Waals surface area (Å²) >= 11 is 0. The Bertz CT molecular complexity index is 220. The van der Waals surface area contributed by atoms with E-state index in [1.165, 1.54) is 0 Å². The molecule has 0 aromatic carbocycles. The smallest absolute Gasteiger partial charge is 0.248 e. The Morgan fingerprint density at radius 2 is 2.35 bits per heavy atom. The SMILES string of the molecule is COCCOCC(=O)N(C)CC1CNCCO1. The van der Waals surface area contributed by atoms with E-state index in [2.05, 4.69) is 5.32 Å². The van der Waals surface area contributed by atoms with Gasteiger partial charge < -0.3 is 24.4 Å². The molecular formula is C11H22N2O4. The zero-order valence-corrected chi connectivity index (χ0v) is 10.6. The topological polar surface area (TPSA) is 60.0 Å². The molecule has 1 unspecified atom stereocenters. The predicted molar refractivity (Wildman–Crippen MR) is 62.9 cm³/mol. The Morgan fingerprint density at radius 1 is 1.53 bits per heavy atom. The van der Waals surface area contributed by atoms with Crippen LogP contribution in [-0.2, 0) is 19.0 Å². The molecule has 1 heterocycles. The molecule has 1 aliphatic heterocycles. The van der Waals surface area contributed by atoms with Crippen molar-refractivity contribution in [3.63, 3.8) is 0 Å². The third-order valence-electron chi connectivity index (χ3n) is 2.56. The standard InChI is InChI=1S/C11H22N2O4/c1-13(8-10-7-12-3-4-17-10)11(14)9-16-6-5-15-2/h10,12H,3-9H2,1-2H3. The number of nitrogens with zero attached hydrogens (tertiary/aromatic N) is 1. The first-order valence-corrected chi connectivity index (χ1v) is 5.87. The number of hydrogen-bond acceptors (Lipinski definition) is 5. The minimum atomic E-state index is -0.0322. The Morgan fingerprint density at radius 3 is 3.00 bits per heavy atom. The molecule has 0 saturated carbocycles. The Labute approximate surface area is 102 Å². The molecule has 0 spiro atoms. The second kappa shape index (κ2) is 8.41. The van der Waals surface area contributed by atoms with E-state index in [1.807, 2.05) is 0 Å². The third-order valence-corrected chi connectivity index (χ3v) is 2.56. The maximum absolute atomic E-state index is 11.7. The lowest BCUT2D eigenvalue weighted by Gasteiger charge is -2.28. The van der Waals surface area contributed by atoms with Crippen LogP contribution in [0.3, 0.4) is 0 Å². The number of nitrogens with one attached hydrogen (secondary N) is 1. The van der Waals surface area contributed by atoms with E-state index in [0.717, 1.165) is 13.1 Å². The van der Waals surface area contributed by atoms with Crippen LogP contribution >= 0.6 is 0 Å². The highest BCUT2D eigenvalue weighted by Gasteiger charge is 2.18. The first kappa shape index (κ1) is 14.4. The molecule has 1 amide bonds. The number of hydrogen-bond donors (Lipinski definition) is 1. The molecule has 1 saturated heterocycles. The van der Waals surface area contributed by atoms with Gasteiger partial charge in [0.25, 0.3) is 0 Å². The molecule has 1 aliphatic rings. The molecule has 1 fully saturated rings. The van der Waals surface area contributed by atoms with Crippen molar-refractivity contribution in [3.05, 3.63) is 0 Å². The highest BCUT2D eigenvalue weighted by molar-refractivity contribution is 5.77. The average molecular weight is 246 g/mol. The van der Waals surface area contributed by atoms with Gasteiger partial charge in [-0.15, -0.1) is 0 Å². The predicted octanol–water partition coefficient (Wildman–Crippen LogP) is -0.904. The van der Waals surface area contributed by atoms with Crippen molar-refractivity contribution in [1.29, 1.82) is 0 Å². The zero-order valence-electron chi connectivity index (χ0n) is 10.6. The summed E-state index contributed by atoms with van der Waals surface area (Å²) in [6, 6.07) is 0. The van der Waals surface area contributed by atoms with E-state index in [0.29, 0.717) is 26.4 Å². The molecular weight excluding hydrogens is 224 g/mol. The summed E-state index contributed by atoms with van der Waals surface area (Å²) in [5.41, 5.74) is 0. The van der Waals surface area contributed by atoms with Crippen molar-refractivity contribution in [2.75, 3.05) is 60.2 Å². The van der Waals surface area contributed by atoms with Gasteiger partial charge in [0.1, 0.15) is 6.61 Å². The molecule has 0 aromatic rings. The van der Waals surface area contributed by atoms with Crippen molar-refractivity contribution in [2.24, 2.45) is 0 Å². The van der Waals surface area contributed by atoms with Crippen LogP contribution in [0.1, 0.15) is 0 Å². The number of morpholine rings is 1. The first-order chi connectivity index (χ1) is 8.24. The van der Waals surface area contributed by atoms with E-state index in [4.69, 9.17) is 14.2 Å². The quantitative estimate of drug-likeness (QED) is 0.590. The summed E-state index contributed by atoms with van der Waals surface area (Å²) in [7, 11) is 3.37. The van der Waals surface area contributed by atoms with E-state index < -0.39 is 0 Å². The molecule has 17 heavy (non-hydrogen) atoms. The van der Waals surface area contributed by atoms with Gasteiger partial charge >= 0.3 is 0 Å². The van der Waals surface area contributed by atoms with E-state index in [1.54, 1.807) is 19.1 Å². The molecule has 1 N–H and O–H groups in total. The molecule has 6 nitrogen and oxygen atoms in total. The normalized spacial score (nSPS) is 20.2. The second-order valence-corrected chi connectivity index (χ2v) is 4.02. The van der Waals surface area contributed by atoms with Crippen molar-refractivity contribution in [1.82, 2.24) is 10.2 Å². The highest BCUT2D eigenvalue weighted by atomic mass is 16.5. The van der Waals surface area contributed by atoms with Gasteiger partial charge in [-0.25, -0.2) is 0 Å².